The molecule has 3 N–H and O–H groups in total. The Balaban J connectivity index is 2.38. The lowest BCUT2D eigenvalue weighted by Gasteiger charge is -2.22. The van der Waals surface area contributed by atoms with Crippen LogP contribution >= 0.6 is 0 Å². The highest BCUT2D eigenvalue weighted by Crippen LogP contribution is 2.26. The molecule has 1 fully saturated rings. The number of methoxy groups -OCH3 is 1. The second-order valence-electron chi connectivity index (χ2n) is 3.90. The summed E-state index contributed by atoms with van der Waals surface area (Å²) in [6, 6.07) is -0.183. The second kappa shape index (κ2) is 6.41. The number of carboxylic acids is 1. The topological polar surface area (TPSA) is 99.1 Å². The highest BCUT2D eigenvalue weighted by atomic mass is 16.5. The zero-order valence-corrected chi connectivity index (χ0v) is 9.76. The minimum atomic E-state index is -1.12. The molecule has 0 aliphatic heterocycles. The van der Waals surface area contributed by atoms with E-state index < -0.39 is 12.1 Å². The first-order valence-corrected chi connectivity index (χ1v) is 5.51. The number of amides is 2. The standard InChI is InChI=1S/C10H18N2O5/c1-17-8(9(14)15)6-11-10(16)12(4-5-13)7-2-3-7/h7-8,13H,2-6H2,1H3,(H,11,16)(H,14,15). The van der Waals surface area contributed by atoms with Crippen molar-refractivity contribution in [3.05, 3.63) is 0 Å². The van der Waals surface area contributed by atoms with Crippen molar-refractivity contribution in [2.45, 2.75) is 25.0 Å². The molecule has 17 heavy (non-hydrogen) atoms. The van der Waals surface area contributed by atoms with Crippen molar-refractivity contribution in [1.82, 2.24) is 10.2 Å². The monoisotopic (exact) mass is 246 g/mol. The van der Waals surface area contributed by atoms with Crippen LogP contribution in [0.3, 0.4) is 0 Å². The minimum Gasteiger partial charge on any atom is -0.479 e. The molecule has 1 aliphatic rings. The zero-order valence-electron chi connectivity index (χ0n) is 9.76. The van der Waals surface area contributed by atoms with Gasteiger partial charge in [0.05, 0.1) is 13.2 Å². The van der Waals surface area contributed by atoms with Gasteiger partial charge in [0, 0.05) is 19.7 Å². The number of nitrogens with zero attached hydrogens (tertiary/aromatic N) is 1. The average molecular weight is 246 g/mol. The Kier molecular flexibility index (Phi) is 5.17. The van der Waals surface area contributed by atoms with Crippen LogP contribution in [0.15, 0.2) is 0 Å². The maximum atomic E-state index is 11.7. The fourth-order valence-corrected chi connectivity index (χ4v) is 1.50. The average Bonchev–Trinajstić information content (AvgIpc) is 3.09. The number of rotatable bonds is 7. The van der Waals surface area contributed by atoms with Crippen molar-refractivity contribution in [2.75, 3.05) is 26.8 Å². The summed E-state index contributed by atoms with van der Waals surface area (Å²) in [6.45, 7) is 0.0804. The number of ether oxygens (including phenoxy) is 1. The molecule has 0 radical (unpaired) electrons. The first kappa shape index (κ1) is 13.7. The van der Waals surface area contributed by atoms with Gasteiger partial charge >= 0.3 is 12.0 Å². The summed E-state index contributed by atoms with van der Waals surface area (Å²) < 4.78 is 4.70. The lowest BCUT2D eigenvalue weighted by Crippen LogP contribution is -2.46. The molecule has 7 nitrogen and oxygen atoms in total. The van der Waals surface area contributed by atoms with E-state index in [0.29, 0.717) is 0 Å². The number of urea groups is 1. The van der Waals surface area contributed by atoms with Crippen molar-refractivity contribution in [2.24, 2.45) is 0 Å². The number of carbonyl (C=O) groups excluding carboxylic acids is 1. The summed E-state index contributed by atoms with van der Waals surface area (Å²) in [4.78, 5) is 23.9. The molecular weight excluding hydrogens is 228 g/mol. The van der Waals surface area contributed by atoms with Gasteiger partial charge in [0.15, 0.2) is 6.10 Å². The summed E-state index contributed by atoms with van der Waals surface area (Å²) in [5.41, 5.74) is 0. The highest BCUT2D eigenvalue weighted by Gasteiger charge is 2.32. The molecule has 0 aromatic carbocycles. The van der Waals surface area contributed by atoms with Gasteiger partial charge in [0.2, 0.25) is 0 Å². The van der Waals surface area contributed by atoms with Crippen LogP contribution in [-0.2, 0) is 9.53 Å². The number of aliphatic hydroxyl groups excluding tert-OH is 1. The van der Waals surface area contributed by atoms with Gasteiger partial charge in [-0.15, -0.1) is 0 Å². The van der Waals surface area contributed by atoms with Gasteiger partial charge in [-0.25, -0.2) is 9.59 Å². The lowest BCUT2D eigenvalue weighted by molar-refractivity contribution is -0.148. The molecule has 1 saturated carbocycles. The van der Waals surface area contributed by atoms with E-state index >= 15 is 0 Å². The maximum absolute atomic E-state index is 11.7. The van der Waals surface area contributed by atoms with Crippen LogP contribution in [0, 0.1) is 0 Å². The first-order valence-electron chi connectivity index (χ1n) is 5.51. The molecule has 1 unspecified atom stereocenters. The van der Waals surface area contributed by atoms with Gasteiger partial charge < -0.3 is 25.2 Å². The van der Waals surface area contributed by atoms with E-state index in [1.807, 2.05) is 0 Å². The largest absolute Gasteiger partial charge is 0.479 e. The lowest BCUT2D eigenvalue weighted by atomic mass is 10.3. The summed E-state index contributed by atoms with van der Waals surface area (Å²) in [5.74, 6) is -1.12. The number of aliphatic carboxylic acids is 1. The molecule has 0 spiro atoms. The van der Waals surface area contributed by atoms with Crippen LogP contribution < -0.4 is 5.32 Å². The Labute approximate surface area is 99.4 Å². The van der Waals surface area contributed by atoms with Crippen LogP contribution in [-0.4, -0.2) is 66.1 Å². The maximum Gasteiger partial charge on any atom is 0.334 e. The van der Waals surface area contributed by atoms with E-state index in [0.717, 1.165) is 12.8 Å². The second-order valence-corrected chi connectivity index (χ2v) is 3.90. The molecule has 98 valence electrons. The Morgan fingerprint density at radius 1 is 1.53 bits per heavy atom. The molecule has 1 rings (SSSR count). The van der Waals surface area contributed by atoms with Crippen LogP contribution in [0.4, 0.5) is 4.79 Å². The predicted octanol–water partition coefficient (Wildman–Crippen LogP) is -0.748. The van der Waals surface area contributed by atoms with Gasteiger partial charge in [0.1, 0.15) is 0 Å². The molecule has 7 heteroatoms. The molecule has 0 heterocycles. The Bertz CT molecular complexity index is 280. The van der Waals surface area contributed by atoms with E-state index in [1.165, 1.54) is 12.0 Å². The number of hydrogen-bond donors (Lipinski definition) is 3. The smallest absolute Gasteiger partial charge is 0.334 e. The van der Waals surface area contributed by atoms with Gasteiger partial charge in [-0.1, -0.05) is 0 Å². The number of carbonyl (C=O) groups is 2. The van der Waals surface area contributed by atoms with E-state index in [9.17, 15) is 9.59 Å². The first-order chi connectivity index (χ1) is 8.10. The number of hydrogen-bond acceptors (Lipinski definition) is 4. The minimum absolute atomic E-state index is 0.0840. The number of carboxylic acid groups (broad SMARTS) is 1. The van der Waals surface area contributed by atoms with Crippen molar-refractivity contribution in [3.8, 4) is 0 Å². The van der Waals surface area contributed by atoms with E-state index in [2.05, 4.69) is 5.32 Å². The third-order valence-corrected chi connectivity index (χ3v) is 2.59. The Hall–Kier alpha value is -1.34. The molecular formula is C10H18N2O5. The van der Waals surface area contributed by atoms with Crippen molar-refractivity contribution < 1.29 is 24.5 Å². The van der Waals surface area contributed by atoms with E-state index in [1.54, 1.807) is 0 Å². The fourth-order valence-electron chi connectivity index (χ4n) is 1.50. The van der Waals surface area contributed by atoms with Crippen molar-refractivity contribution in [3.63, 3.8) is 0 Å². The number of nitrogens with one attached hydrogen (secondary N) is 1. The van der Waals surface area contributed by atoms with E-state index in [-0.39, 0.29) is 31.8 Å². The molecule has 1 aliphatic carbocycles. The fraction of sp³-hybridized carbons (Fsp3) is 0.800. The Morgan fingerprint density at radius 2 is 2.18 bits per heavy atom. The van der Waals surface area contributed by atoms with Gasteiger partial charge in [-0.2, -0.15) is 0 Å². The summed E-state index contributed by atoms with van der Waals surface area (Å²) >= 11 is 0. The van der Waals surface area contributed by atoms with Crippen LogP contribution in [0.1, 0.15) is 12.8 Å². The van der Waals surface area contributed by atoms with Crippen molar-refractivity contribution >= 4 is 12.0 Å². The third-order valence-electron chi connectivity index (χ3n) is 2.59. The molecule has 0 bridgehead atoms. The van der Waals surface area contributed by atoms with Crippen LogP contribution in [0.25, 0.3) is 0 Å². The highest BCUT2D eigenvalue weighted by molar-refractivity contribution is 5.77. The molecule has 0 aromatic heterocycles. The third kappa shape index (κ3) is 4.20. The Morgan fingerprint density at radius 3 is 2.59 bits per heavy atom. The predicted molar refractivity (Wildman–Crippen MR) is 58.6 cm³/mol. The molecule has 0 aromatic rings. The number of aliphatic hydroxyl groups is 1. The summed E-state index contributed by atoms with van der Waals surface area (Å²) in [7, 11) is 1.28. The summed E-state index contributed by atoms with van der Waals surface area (Å²) in [6.07, 6.45) is 0.814. The van der Waals surface area contributed by atoms with Gasteiger partial charge in [0.25, 0.3) is 0 Å². The zero-order chi connectivity index (χ0) is 12.8. The SMILES string of the molecule is COC(CNC(=O)N(CCO)C1CC1)C(=O)O. The van der Waals surface area contributed by atoms with Crippen LogP contribution in [0.5, 0.6) is 0 Å². The normalized spacial score (nSPS) is 16.4. The van der Waals surface area contributed by atoms with Crippen LogP contribution in [0.2, 0.25) is 0 Å². The molecule has 1 atom stereocenters. The molecule has 2 amide bonds. The van der Waals surface area contributed by atoms with E-state index in [4.69, 9.17) is 14.9 Å². The van der Waals surface area contributed by atoms with Crippen molar-refractivity contribution in [1.29, 1.82) is 0 Å². The van der Waals surface area contributed by atoms with Gasteiger partial charge in [-0.3, -0.25) is 0 Å². The molecule has 0 saturated heterocycles. The summed E-state index contributed by atoms with van der Waals surface area (Å²) in [5, 5.41) is 20.0. The quantitative estimate of drug-likeness (QED) is 0.549. The van der Waals surface area contributed by atoms with Gasteiger partial charge in [-0.05, 0) is 12.8 Å².